The van der Waals surface area contributed by atoms with Crippen LogP contribution in [0.5, 0.6) is 0 Å². The van der Waals surface area contributed by atoms with Gasteiger partial charge >= 0.3 is 0 Å². The molecule has 3 aromatic rings. The van der Waals surface area contributed by atoms with Gasteiger partial charge in [-0.1, -0.05) is 19.1 Å². The maximum Gasteiger partial charge on any atom is 0.227 e. The van der Waals surface area contributed by atoms with E-state index < -0.39 is 0 Å². The van der Waals surface area contributed by atoms with Crippen LogP contribution in [0.1, 0.15) is 49.7 Å². The Morgan fingerprint density at radius 1 is 1.13 bits per heavy atom. The van der Waals surface area contributed by atoms with Gasteiger partial charge in [0.2, 0.25) is 5.91 Å². The normalized spacial score (nSPS) is 19.8. The highest BCUT2D eigenvalue weighted by atomic mass is 19.1. The number of nitrogens with zero attached hydrogens (tertiary/aromatic N) is 2. The van der Waals surface area contributed by atoms with Crippen molar-refractivity contribution < 1.29 is 9.18 Å². The van der Waals surface area contributed by atoms with Crippen LogP contribution in [0.2, 0.25) is 0 Å². The Kier molecular flexibility index (Phi) is 5.76. The summed E-state index contributed by atoms with van der Waals surface area (Å²) in [7, 11) is 0. The lowest BCUT2D eigenvalue weighted by molar-refractivity contribution is -0.121. The van der Waals surface area contributed by atoms with Gasteiger partial charge in [-0.3, -0.25) is 9.78 Å². The van der Waals surface area contributed by atoms with Crippen molar-refractivity contribution in [2.45, 2.75) is 38.5 Å². The zero-order valence-corrected chi connectivity index (χ0v) is 16.9. The van der Waals surface area contributed by atoms with Crippen molar-refractivity contribution in [2.24, 2.45) is 11.8 Å². The fourth-order valence-electron chi connectivity index (χ4n) is 4.55. The highest BCUT2D eigenvalue weighted by molar-refractivity contribution is 5.92. The summed E-state index contributed by atoms with van der Waals surface area (Å²) in [5.41, 5.74) is 2.88. The molecule has 0 saturated heterocycles. The zero-order chi connectivity index (χ0) is 21.1. The number of nitrogens with one attached hydrogen (secondary N) is 1. The third kappa shape index (κ3) is 4.04. The fourth-order valence-corrected chi connectivity index (χ4v) is 4.55. The topological polar surface area (TPSA) is 65.8 Å². The smallest absolute Gasteiger partial charge is 0.227 e. The lowest BCUT2D eigenvalue weighted by Gasteiger charge is -2.32. The van der Waals surface area contributed by atoms with Gasteiger partial charge in [0.1, 0.15) is 11.3 Å². The molecule has 0 radical (unpaired) electrons. The molecule has 4 nitrogen and oxygen atoms in total. The number of pyridine rings is 1. The Hall–Kier alpha value is -3.26. The second-order valence-electron chi connectivity index (χ2n) is 8.11. The number of aromatic nitrogens is 1. The van der Waals surface area contributed by atoms with Gasteiger partial charge in [0.25, 0.3) is 0 Å². The summed E-state index contributed by atoms with van der Waals surface area (Å²) in [6.07, 6.45) is 5.58. The zero-order valence-electron chi connectivity index (χ0n) is 16.9. The number of para-hydroxylation sites is 1. The number of halogens is 1. The fraction of sp³-hybridized carbons (Fsp3) is 0.320. The first-order valence-electron chi connectivity index (χ1n) is 10.4. The van der Waals surface area contributed by atoms with Crippen LogP contribution in [0.3, 0.4) is 0 Å². The number of rotatable bonds is 4. The van der Waals surface area contributed by atoms with E-state index in [4.69, 9.17) is 5.26 Å². The van der Waals surface area contributed by atoms with Crippen LogP contribution in [0, 0.1) is 29.0 Å². The predicted octanol–water partition coefficient (Wildman–Crippen LogP) is 5.79. The molecule has 1 amide bonds. The van der Waals surface area contributed by atoms with Crippen molar-refractivity contribution in [3.05, 3.63) is 71.7 Å². The lowest BCUT2D eigenvalue weighted by Crippen LogP contribution is -2.29. The van der Waals surface area contributed by atoms with E-state index in [1.807, 2.05) is 19.1 Å². The maximum atomic E-state index is 14.1. The van der Waals surface area contributed by atoms with E-state index in [0.717, 1.165) is 36.6 Å². The van der Waals surface area contributed by atoms with Gasteiger partial charge in [0.15, 0.2) is 0 Å². The van der Waals surface area contributed by atoms with Gasteiger partial charge in [0, 0.05) is 23.2 Å². The number of carbonyl (C=O) groups is 1. The first-order valence-corrected chi connectivity index (χ1v) is 10.4. The molecular formula is C25H24FN3O. The average Bonchev–Trinajstić information content (AvgIpc) is 2.79. The number of anilines is 1. The van der Waals surface area contributed by atoms with Gasteiger partial charge in [-0.25, -0.2) is 4.39 Å². The Morgan fingerprint density at radius 2 is 1.87 bits per heavy atom. The molecule has 0 aliphatic heterocycles. The standard InChI is InChI=1S/C25H24FN3O/c1-16(25(30)29-20-11-5-17(15-27)6-12-20)18-7-9-19(10-8-18)21-13-14-28-24-22(21)3-2-4-23(24)26/h2-6,11-14,16,18-19H,7-10H2,1H3,(H,29,30)/t16-,18?,19?/m1/s1. The molecule has 0 unspecified atom stereocenters. The molecule has 1 aliphatic rings. The molecule has 0 spiro atoms. The second-order valence-corrected chi connectivity index (χ2v) is 8.11. The van der Waals surface area contributed by atoms with Gasteiger partial charge < -0.3 is 5.32 Å². The third-order valence-electron chi connectivity index (χ3n) is 6.37. The quantitative estimate of drug-likeness (QED) is 0.601. The van der Waals surface area contributed by atoms with Crippen molar-refractivity contribution in [1.29, 1.82) is 5.26 Å². The molecule has 0 bridgehead atoms. The third-order valence-corrected chi connectivity index (χ3v) is 6.37. The van der Waals surface area contributed by atoms with Crippen LogP contribution in [0.4, 0.5) is 10.1 Å². The lowest BCUT2D eigenvalue weighted by atomic mass is 9.73. The van der Waals surface area contributed by atoms with Crippen molar-refractivity contribution in [3.63, 3.8) is 0 Å². The summed E-state index contributed by atoms with van der Waals surface area (Å²) in [4.78, 5) is 16.9. The Labute approximate surface area is 175 Å². The molecule has 4 rings (SSSR count). The van der Waals surface area contributed by atoms with Crippen LogP contribution < -0.4 is 5.32 Å². The number of benzene rings is 2. The maximum absolute atomic E-state index is 14.1. The number of hydrogen-bond acceptors (Lipinski definition) is 3. The second kappa shape index (κ2) is 8.62. The SMILES string of the molecule is C[C@@H](C(=O)Nc1ccc(C#N)cc1)C1CCC(c2ccnc3c(F)cccc23)CC1. The molecule has 1 heterocycles. The van der Waals surface area contributed by atoms with E-state index in [1.54, 1.807) is 36.5 Å². The monoisotopic (exact) mass is 401 g/mol. The van der Waals surface area contributed by atoms with Crippen LogP contribution in [0.15, 0.2) is 54.7 Å². The van der Waals surface area contributed by atoms with Crippen molar-refractivity contribution in [1.82, 2.24) is 4.98 Å². The number of nitriles is 1. The van der Waals surface area contributed by atoms with Gasteiger partial charge in [-0.05, 0) is 79.5 Å². The summed E-state index contributed by atoms with van der Waals surface area (Å²) in [6.45, 7) is 1.99. The Bertz CT molecular complexity index is 1100. The minimum atomic E-state index is -0.281. The first-order chi connectivity index (χ1) is 14.6. The van der Waals surface area contributed by atoms with E-state index >= 15 is 0 Å². The molecule has 152 valence electrons. The number of hydrogen-bond donors (Lipinski definition) is 1. The van der Waals surface area contributed by atoms with Crippen molar-refractivity contribution in [3.8, 4) is 6.07 Å². The van der Waals surface area contributed by atoms with Gasteiger partial charge in [-0.2, -0.15) is 5.26 Å². The average molecular weight is 401 g/mol. The summed E-state index contributed by atoms with van der Waals surface area (Å²) >= 11 is 0. The molecule has 1 aliphatic carbocycles. The Balaban J connectivity index is 1.40. The minimum Gasteiger partial charge on any atom is -0.326 e. The molecule has 1 N–H and O–H groups in total. The Morgan fingerprint density at radius 3 is 2.57 bits per heavy atom. The first kappa shape index (κ1) is 20.0. The molecule has 1 saturated carbocycles. The van der Waals surface area contributed by atoms with E-state index in [2.05, 4.69) is 16.4 Å². The predicted molar refractivity (Wildman–Crippen MR) is 115 cm³/mol. The molecule has 2 aromatic carbocycles. The van der Waals surface area contributed by atoms with Crippen molar-refractivity contribution in [2.75, 3.05) is 5.32 Å². The van der Waals surface area contributed by atoms with E-state index in [1.165, 1.54) is 6.07 Å². The molecular weight excluding hydrogens is 377 g/mol. The van der Waals surface area contributed by atoms with Gasteiger partial charge in [0.05, 0.1) is 11.6 Å². The molecule has 1 atom stereocenters. The highest BCUT2D eigenvalue weighted by Gasteiger charge is 2.30. The van der Waals surface area contributed by atoms with Crippen LogP contribution in [-0.4, -0.2) is 10.9 Å². The molecule has 1 aromatic heterocycles. The van der Waals surface area contributed by atoms with E-state index in [0.29, 0.717) is 28.6 Å². The van der Waals surface area contributed by atoms with Gasteiger partial charge in [-0.15, -0.1) is 0 Å². The largest absolute Gasteiger partial charge is 0.326 e. The highest BCUT2D eigenvalue weighted by Crippen LogP contribution is 2.41. The number of amides is 1. The van der Waals surface area contributed by atoms with E-state index in [9.17, 15) is 9.18 Å². The van der Waals surface area contributed by atoms with E-state index in [-0.39, 0.29) is 17.6 Å². The summed E-state index contributed by atoms with van der Waals surface area (Å²) in [5.74, 6) is 0.329. The van der Waals surface area contributed by atoms with Crippen LogP contribution >= 0.6 is 0 Å². The van der Waals surface area contributed by atoms with Crippen LogP contribution in [-0.2, 0) is 4.79 Å². The van der Waals surface area contributed by atoms with Crippen LogP contribution in [0.25, 0.3) is 10.9 Å². The van der Waals surface area contributed by atoms with Crippen molar-refractivity contribution >= 4 is 22.5 Å². The number of carbonyl (C=O) groups excluding carboxylic acids is 1. The summed E-state index contributed by atoms with van der Waals surface area (Å²) in [6, 6.07) is 16.1. The minimum absolute atomic E-state index is 0.0135. The molecule has 5 heteroatoms. The number of fused-ring (bicyclic) bond motifs is 1. The summed E-state index contributed by atoms with van der Waals surface area (Å²) < 4.78 is 14.1. The summed E-state index contributed by atoms with van der Waals surface area (Å²) in [5, 5.41) is 12.7. The molecule has 1 fully saturated rings. The molecule has 30 heavy (non-hydrogen) atoms.